The first-order valence-electron chi connectivity index (χ1n) is 5.30. The third-order valence-electron chi connectivity index (χ3n) is 2.90. The van der Waals surface area contributed by atoms with Gasteiger partial charge in [0.15, 0.2) is 0 Å². The Kier molecular flexibility index (Phi) is 3.52. The van der Waals surface area contributed by atoms with Gasteiger partial charge in [-0.1, -0.05) is 6.92 Å². The molecule has 0 amide bonds. The van der Waals surface area contributed by atoms with E-state index in [-0.39, 0.29) is 0 Å². The first-order valence-corrected chi connectivity index (χ1v) is 6.35. The second kappa shape index (κ2) is 4.67. The number of nitrogens with zero attached hydrogens (tertiary/aromatic N) is 1. The highest BCUT2D eigenvalue weighted by Gasteiger charge is 2.25. The molecule has 1 atom stereocenters. The zero-order valence-corrected chi connectivity index (χ0v) is 9.18. The van der Waals surface area contributed by atoms with Crippen molar-refractivity contribution in [3.8, 4) is 0 Å². The van der Waals surface area contributed by atoms with Crippen molar-refractivity contribution in [2.45, 2.75) is 18.6 Å². The molecule has 0 N–H and O–H groups in total. The normalized spacial score (nSPS) is 31.6. The molecule has 13 heavy (non-hydrogen) atoms. The molecular weight excluding hydrogens is 182 g/mol. The minimum atomic E-state index is 0.834. The summed E-state index contributed by atoms with van der Waals surface area (Å²) in [7, 11) is 0. The quantitative estimate of drug-likeness (QED) is 0.686. The summed E-state index contributed by atoms with van der Waals surface area (Å²) in [6.45, 7) is 8.17. The van der Waals surface area contributed by atoms with Gasteiger partial charge in [0, 0.05) is 36.6 Å². The van der Waals surface area contributed by atoms with Crippen molar-refractivity contribution in [2.24, 2.45) is 5.92 Å². The summed E-state index contributed by atoms with van der Waals surface area (Å²) >= 11 is 2.15. The predicted molar refractivity (Wildman–Crippen MR) is 57.3 cm³/mol. The summed E-state index contributed by atoms with van der Waals surface area (Å²) in [6, 6.07) is 0. The monoisotopic (exact) mass is 201 g/mol. The van der Waals surface area contributed by atoms with Crippen LogP contribution in [0.15, 0.2) is 0 Å². The van der Waals surface area contributed by atoms with Crippen molar-refractivity contribution in [3.05, 3.63) is 0 Å². The van der Waals surface area contributed by atoms with Gasteiger partial charge in [0.05, 0.1) is 13.2 Å². The molecule has 2 rings (SSSR count). The molecule has 2 fully saturated rings. The third-order valence-corrected chi connectivity index (χ3v) is 4.27. The van der Waals surface area contributed by atoms with Crippen LogP contribution >= 0.6 is 11.8 Å². The van der Waals surface area contributed by atoms with Gasteiger partial charge in [0.1, 0.15) is 0 Å². The molecule has 0 aromatic carbocycles. The summed E-state index contributed by atoms with van der Waals surface area (Å²) in [4.78, 5) is 2.62. The van der Waals surface area contributed by atoms with Gasteiger partial charge in [-0.25, -0.2) is 0 Å². The van der Waals surface area contributed by atoms with E-state index in [1.54, 1.807) is 0 Å². The molecule has 0 spiro atoms. The zero-order valence-electron chi connectivity index (χ0n) is 8.37. The van der Waals surface area contributed by atoms with E-state index in [0.717, 1.165) is 24.4 Å². The van der Waals surface area contributed by atoms with Gasteiger partial charge in [-0.3, -0.25) is 0 Å². The molecular formula is C10H19NOS. The largest absolute Gasteiger partial charge is 0.381 e. The fourth-order valence-corrected chi connectivity index (χ4v) is 3.20. The highest BCUT2D eigenvalue weighted by atomic mass is 32.2. The van der Waals surface area contributed by atoms with E-state index in [2.05, 4.69) is 23.6 Å². The van der Waals surface area contributed by atoms with Crippen LogP contribution in [0.2, 0.25) is 0 Å². The maximum atomic E-state index is 5.20. The van der Waals surface area contributed by atoms with Crippen LogP contribution in [0.25, 0.3) is 0 Å². The number of hydrogen-bond donors (Lipinski definition) is 0. The lowest BCUT2D eigenvalue weighted by Crippen LogP contribution is -2.45. The molecule has 3 heteroatoms. The molecule has 0 aromatic heterocycles. The molecule has 2 aliphatic rings. The number of rotatable bonds is 3. The van der Waals surface area contributed by atoms with Crippen molar-refractivity contribution in [1.82, 2.24) is 4.90 Å². The Labute approximate surface area is 85.0 Å². The molecule has 1 unspecified atom stereocenters. The summed E-state index contributed by atoms with van der Waals surface area (Å²) in [6.07, 6.45) is 1.32. The second-order valence-electron chi connectivity index (χ2n) is 4.06. The van der Waals surface area contributed by atoms with Crippen molar-refractivity contribution >= 4 is 11.8 Å². The van der Waals surface area contributed by atoms with Gasteiger partial charge in [-0.05, 0) is 6.42 Å². The Morgan fingerprint density at radius 1 is 1.46 bits per heavy atom. The lowest BCUT2D eigenvalue weighted by Gasteiger charge is -2.36. The fourth-order valence-electron chi connectivity index (χ4n) is 1.95. The highest BCUT2D eigenvalue weighted by Crippen LogP contribution is 2.22. The van der Waals surface area contributed by atoms with E-state index in [1.807, 2.05) is 0 Å². The molecule has 0 aromatic rings. The lowest BCUT2D eigenvalue weighted by atomic mass is 10.1. The van der Waals surface area contributed by atoms with E-state index >= 15 is 0 Å². The standard InChI is InChI=1S/C10H19NOS/c1-2-10-6-11(3-4-13-10)5-9-7-12-8-9/h9-10H,2-8H2,1H3. The average molecular weight is 201 g/mol. The minimum Gasteiger partial charge on any atom is -0.381 e. The van der Waals surface area contributed by atoms with Gasteiger partial charge < -0.3 is 9.64 Å². The van der Waals surface area contributed by atoms with Gasteiger partial charge in [-0.15, -0.1) is 0 Å². The summed E-state index contributed by atoms with van der Waals surface area (Å²) in [5, 5.41) is 0.884. The molecule has 0 saturated carbocycles. The molecule has 0 aliphatic carbocycles. The smallest absolute Gasteiger partial charge is 0.0528 e. The van der Waals surface area contributed by atoms with Gasteiger partial charge in [0.25, 0.3) is 0 Å². The number of thioether (sulfide) groups is 1. The van der Waals surface area contributed by atoms with Crippen LogP contribution in [0.3, 0.4) is 0 Å². The molecule has 0 bridgehead atoms. The van der Waals surface area contributed by atoms with Crippen LogP contribution in [0.5, 0.6) is 0 Å². The Hall–Kier alpha value is 0.270. The van der Waals surface area contributed by atoms with Crippen LogP contribution < -0.4 is 0 Å². The first-order chi connectivity index (χ1) is 6.38. The van der Waals surface area contributed by atoms with Crippen LogP contribution in [-0.2, 0) is 4.74 Å². The maximum absolute atomic E-state index is 5.20. The third kappa shape index (κ3) is 2.61. The summed E-state index contributed by atoms with van der Waals surface area (Å²) in [5.74, 6) is 2.16. The maximum Gasteiger partial charge on any atom is 0.0528 e. The van der Waals surface area contributed by atoms with E-state index in [1.165, 1.54) is 31.8 Å². The van der Waals surface area contributed by atoms with E-state index in [4.69, 9.17) is 4.74 Å². The second-order valence-corrected chi connectivity index (χ2v) is 5.47. The van der Waals surface area contributed by atoms with Crippen LogP contribution in [-0.4, -0.2) is 48.8 Å². The van der Waals surface area contributed by atoms with Crippen LogP contribution in [0.1, 0.15) is 13.3 Å². The predicted octanol–water partition coefficient (Wildman–Crippen LogP) is 1.46. The van der Waals surface area contributed by atoms with Crippen molar-refractivity contribution in [1.29, 1.82) is 0 Å². The summed E-state index contributed by atoms with van der Waals surface area (Å²) in [5.41, 5.74) is 0. The average Bonchev–Trinajstić information content (AvgIpc) is 2.12. The Morgan fingerprint density at radius 2 is 2.31 bits per heavy atom. The summed E-state index contributed by atoms with van der Waals surface area (Å²) < 4.78 is 5.20. The molecule has 0 radical (unpaired) electrons. The molecule has 2 heterocycles. The fraction of sp³-hybridized carbons (Fsp3) is 1.00. The Bertz CT molecular complexity index is 159. The van der Waals surface area contributed by atoms with Gasteiger partial charge in [0.2, 0.25) is 0 Å². The highest BCUT2D eigenvalue weighted by molar-refractivity contribution is 8.00. The van der Waals surface area contributed by atoms with Crippen molar-refractivity contribution in [2.75, 3.05) is 38.6 Å². The van der Waals surface area contributed by atoms with Crippen molar-refractivity contribution < 1.29 is 4.74 Å². The number of ether oxygens (including phenoxy) is 1. The van der Waals surface area contributed by atoms with E-state index in [9.17, 15) is 0 Å². The van der Waals surface area contributed by atoms with Gasteiger partial charge in [-0.2, -0.15) is 11.8 Å². The van der Waals surface area contributed by atoms with Crippen molar-refractivity contribution in [3.63, 3.8) is 0 Å². The SMILES string of the molecule is CCC1CN(CC2COC2)CCS1. The van der Waals surface area contributed by atoms with E-state index in [0.29, 0.717) is 0 Å². The minimum absolute atomic E-state index is 0.834. The first kappa shape index (κ1) is 9.81. The van der Waals surface area contributed by atoms with Gasteiger partial charge >= 0.3 is 0 Å². The molecule has 2 nitrogen and oxygen atoms in total. The molecule has 76 valence electrons. The lowest BCUT2D eigenvalue weighted by molar-refractivity contribution is -0.0460. The zero-order chi connectivity index (χ0) is 9.10. The number of hydrogen-bond acceptors (Lipinski definition) is 3. The van der Waals surface area contributed by atoms with Crippen LogP contribution in [0, 0.1) is 5.92 Å². The molecule has 2 saturated heterocycles. The van der Waals surface area contributed by atoms with E-state index < -0.39 is 0 Å². The van der Waals surface area contributed by atoms with Crippen LogP contribution in [0.4, 0.5) is 0 Å². The Balaban J connectivity index is 1.71. The molecule has 2 aliphatic heterocycles. The Morgan fingerprint density at radius 3 is 2.92 bits per heavy atom. The topological polar surface area (TPSA) is 12.5 Å².